The van der Waals surface area contributed by atoms with Crippen molar-refractivity contribution in [3.8, 4) is 0 Å². The molecular formula is C30H48S2Si2Zr+2. The van der Waals surface area contributed by atoms with Gasteiger partial charge in [-0.25, -0.2) is 0 Å². The van der Waals surface area contributed by atoms with Crippen molar-refractivity contribution in [2.45, 2.75) is 116 Å². The first-order chi connectivity index (χ1) is 16.0. The predicted molar refractivity (Wildman–Crippen MR) is 164 cm³/mol. The number of hydrogen-bond donors (Lipinski definition) is 0. The fourth-order valence-corrected chi connectivity index (χ4v) is 29.6. The van der Waals surface area contributed by atoms with E-state index in [9.17, 15) is 0 Å². The minimum absolute atomic E-state index is 0. The Labute approximate surface area is 248 Å². The van der Waals surface area contributed by atoms with Crippen LogP contribution in [-0.2, 0) is 50.4 Å². The Morgan fingerprint density at radius 2 is 0.657 bits per heavy atom. The van der Waals surface area contributed by atoms with Crippen LogP contribution in [-0.4, -0.2) is 13.5 Å². The van der Waals surface area contributed by atoms with Crippen LogP contribution in [0.5, 0.6) is 0 Å². The third-order valence-corrected chi connectivity index (χ3v) is 35.9. The van der Waals surface area contributed by atoms with Crippen molar-refractivity contribution < 1.29 is 26.2 Å². The Balaban J connectivity index is 0.000000456. The van der Waals surface area contributed by atoms with Gasteiger partial charge in [-0.1, -0.05) is 200 Å². The molecule has 2 saturated carbocycles. The third kappa shape index (κ3) is 8.47. The molecule has 0 saturated heterocycles. The summed E-state index contributed by atoms with van der Waals surface area (Å²) in [5.74, 6) is 0. The van der Waals surface area contributed by atoms with Gasteiger partial charge < -0.3 is 24.2 Å². The molecule has 190 valence electrons. The Bertz CT molecular complexity index is 738. The average molecular weight is 620 g/mol. The zero-order chi connectivity index (χ0) is 25.3. The molecule has 0 nitrogen and oxygen atoms in total. The van der Waals surface area contributed by atoms with Crippen LogP contribution in [0.4, 0.5) is 0 Å². The van der Waals surface area contributed by atoms with E-state index in [2.05, 4.69) is 102 Å². The minimum Gasteiger partial charge on any atom is -0.794 e. The summed E-state index contributed by atoms with van der Waals surface area (Å²) in [7, 11) is 0. The van der Waals surface area contributed by atoms with Crippen LogP contribution >= 0.6 is 0 Å². The van der Waals surface area contributed by atoms with Crippen molar-refractivity contribution in [3.05, 3.63) is 60.7 Å². The van der Waals surface area contributed by atoms with E-state index in [1.54, 1.807) is 0 Å². The summed E-state index contributed by atoms with van der Waals surface area (Å²) in [6.07, 6.45) is 15.0. The Morgan fingerprint density at radius 1 is 0.457 bits per heavy atom. The fourth-order valence-electron chi connectivity index (χ4n) is 5.44. The van der Waals surface area contributed by atoms with Crippen molar-refractivity contribution in [3.63, 3.8) is 0 Å². The Kier molecular flexibility index (Phi) is 14.5. The summed E-state index contributed by atoms with van der Waals surface area (Å²) < 4.78 is 0. The van der Waals surface area contributed by atoms with E-state index in [0.717, 1.165) is 0 Å². The van der Waals surface area contributed by atoms with Gasteiger partial charge in [-0.05, 0) is 0 Å². The maximum Gasteiger partial charge on any atom is 4.00 e. The summed E-state index contributed by atoms with van der Waals surface area (Å²) in [4.78, 5) is 0. The van der Waals surface area contributed by atoms with Crippen LogP contribution < -0.4 is 10.4 Å². The molecule has 0 aliphatic heterocycles. The Morgan fingerprint density at radius 3 is 0.829 bits per heavy atom. The fraction of sp³-hybridized carbons (Fsp3) is 0.600. The predicted octanol–water partition coefficient (Wildman–Crippen LogP) is 8.36. The molecule has 0 spiro atoms. The number of benzene rings is 2. The van der Waals surface area contributed by atoms with Crippen LogP contribution in [0, 0.1) is 0 Å². The second-order valence-electron chi connectivity index (χ2n) is 12.1. The molecule has 0 amide bonds. The number of rotatable bonds is 3. The summed E-state index contributed by atoms with van der Waals surface area (Å²) in [6.45, 7) is 9.00. The molecule has 2 atom stereocenters. The smallest absolute Gasteiger partial charge is 0.794 e. The molecule has 0 radical (unpaired) electrons. The van der Waals surface area contributed by atoms with Crippen molar-refractivity contribution in [2.24, 2.45) is 0 Å². The quantitative estimate of drug-likeness (QED) is 0.250. The van der Waals surface area contributed by atoms with Gasteiger partial charge in [0.15, 0.2) is 0 Å². The first-order valence-electron chi connectivity index (χ1n) is 13.5. The van der Waals surface area contributed by atoms with Gasteiger partial charge in [0, 0.05) is 0 Å². The van der Waals surface area contributed by atoms with Crippen molar-refractivity contribution in [1.29, 1.82) is 0 Å². The normalized spacial score (nSPS) is 19.1. The molecule has 2 aliphatic carbocycles. The first kappa shape index (κ1) is 33.5. The molecule has 35 heavy (non-hydrogen) atoms. The summed E-state index contributed by atoms with van der Waals surface area (Å²) in [6, 6.07) is 21.5. The van der Waals surface area contributed by atoms with E-state index in [1.165, 1.54) is 74.6 Å². The van der Waals surface area contributed by atoms with Crippen LogP contribution in [0.15, 0.2) is 60.7 Å². The van der Waals surface area contributed by atoms with Crippen molar-refractivity contribution in [1.82, 2.24) is 0 Å². The van der Waals surface area contributed by atoms with Crippen molar-refractivity contribution >= 4 is 48.0 Å². The van der Waals surface area contributed by atoms with Crippen LogP contribution in [0.2, 0.25) is 10.1 Å². The van der Waals surface area contributed by atoms with Crippen LogP contribution in [0.3, 0.4) is 0 Å². The summed E-state index contributed by atoms with van der Waals surface area (Å²) >= 11 is 13.3. The van der Waals surface area contributed by atoms with E-state index in [-0.39, 0.29) is 36.3 Å². The van der Waals surface area contributed by atoms with Gasteiger partial charge >= 0.3 is 26.2 Å². The standard InChI is InChI=1S/C20H28S2Si2.2C5H10.Zr/c1-19(2,3)23(21,17-13-9-7-10-14-17)24(22,20(4,5)6)18-15-11-8-12-16-18;2*1-2-4-5-3-1;/h7-16H,1-6H3;2*1-5H2;/q-2;;;+4. The zero-order valence-electron chi connectivity index (χ0n) is 23.2. The Hall–Kier alpha value is 0.457. The van der Waals surface area contributed by atoms with Crippen molar-refractivity contribution in [2.75, 3.05) is 0 Å². The largest absolute Gasteiger partial charge is 4.00 e. The van der Waals surface area contributed by atoms with Crippen LogP contribution in [0.25, 0.3) is 0 Å². The molecular weight excluding hydrogens is 572 g/mol. The maximum atomic E-state index is 6.67. The third-order valence-electron chi connectivity index (χ3n) is 7.47. The molecule has 2 aliphatic rings. The molecule has 0 aromatic heterocycles. The van der Waals surface area contributed by atoms with Gasteiger partial charge in [-0.15, -0.1) is 0 Å². The van der Waals surface area contributed by atoms with E-state index in [0.29, 0.717) is 0 Å². The molecule has 2 unspecified atom stereocenters. The zero-order valence-corrected chi connectivity index (χ0v) is 29.3. The van der Waals surface area contributed by atoms with E-state index < -0.39 is 13.5 Å². The van der Waals surface area contributed by atoms with Gasteiger partial charge in [0.2, 0.25) is 0 Å². The van der Waals surface area contributed by atoms with Gasteiger partial charge in [0.1, 0.15) is 0 Å². The molecule has 0 N–H and O–H groups in total. The molecule has 4 rings (SSSR count). The molecule has 0 heterocycles. The maximum absolute atomic E-state index is 6.67. The molecule has 2 aromatic carbocycles. The summed E-state index contributed by atoms with van der Waals surface area (Å²) in [5.41, 5.74) is 0. The van der Waals surface area contributed by atoms with Gasteiger partial charge in [0.05, 0.1) is 0 Å². The van der Waals surface area contributed by atoms with E-state index in [1.807, 2.05) is 0 Å². The van der Waals surface area contributed by atoms with Gasteiger partial charge in [-0.3, -0.25) is 0 Å². The monoisotopic (exact) mass is 618 g/mol. The van der Waals surface area contributed by atoms with Crippen LogP contribution in [0.1, 0.15) is 106 Å². The van der Waals surface area contributed by atoms with E-state index in [4.69, 9.17) is 24.2 Å². The number of hydrogen-bond acceptors (Lipinski definition) is 2. The minimum atomic E-state index is -2.42. The second-order valence-corrected chi connectivity index (χ2v) is 29.4. The molecule has 2 fully saturated rings. The first-order valence-corrected chi connectivity index (χ1v) is 20.7. The van der Waals surface area contributed by atoms with Gasteiger partial charge in [0.25, 0.3) is 0 Å². The topological polar surface area (TPSA) is 0 Å². The van der Waals surface area contributed by atoms with Gasteiger partial charge in [-0.2, -0.15) is 0 Å². The SMILES string of the molecule is C1CCCC1.C1CCCC1.CC(C)(C)[Si]([S-])(c1ccccc1)[Si]([S-])(c1ccccc1)C(C)(C)C.[Zr+4]. The molecule has 0 bridgehead atoms. The summed E-state index contributed by atoms with van der Waals surface area (Å²) in [5, 5.41) is 2.68. The molecule has 2 aromatic rings. The van der Waals surface area contributed by atoms with E-state index >= 15 is 0 Å². The molecule has 5 heteroatoms. The second kappa shape index (κ2) is 15.1. The average Bonchev–Trinajstić information content (AvgIpc) is 3.57.